The van der Waals surface area contributed by atoms with Gasteiger partial charge in [-0.3, -0.25) is 4.57 Å². The van der Waals surface area contributed by atoms with Crippen molar-refractivity contribution in [3.63, 3.8) is 0 Å². The number of benzene rings is 1. The van der Waals surface area contributed by atoms with Crippen LogP contribution in [0.25, 0.3) is 11.0 Å². The predicted octanol–water partition coefficient (Wildman–Crippen LogP) is 0.803. The molecule has 17 heavy (non-hydrogen) atoms. The third kappa shape index (κ3) is 1.40. The van der Waals surface area contributed by atoms with E-state index in [1.165, 1.54) is 0 Å². The van der Waals surface area contributed by atoms with Gasteiger partial charge in [-0.1, -0.05) is 5.92 Å². The number of aromatic nitrogens is 2. The van der Waals surface area contributed by atoms with Crippen molar-refractivity contribution in [2.45, 2.75) is 26.1 Å². The van der Waals surface area contributed by atoms with Crippen LogP contribution in [0.4, 0.5) is 0 Å². The second-order valence-electron chi connectivity index (χ2n) is 4.45. The largest absolute Gasteiger partial charge is 0.326 e. The lowest BCUT2D eigenvalue weighted by Crippen LogP contribution is -2.30. The van der Waals surface area contributed by atoms with Crippen LogP contribution < -0.4 is 11.0 Å². The molecular formula is C13H13N3O. The summed E-state index contributed by atoms with van der Waals surface area (Å²) < 4.78 is 1.77. The Morgan fingerprint density at radius 1 is 1.53 bits per heavy atom. The number of aromatic amines is 1. The van der Waals surface area contributed by atoms with Gasteiger partial charge in [-0.2, -0.15) is 0 Å². The first-order valence-corrected chi connectivity index (χ1v) is 5.65. The molecule has 1 aliphatic rings. The maximum Gasteiger partial charge on any atom is 0.326 e. The summed E-state index contributed by atoms with van der Waals surface area (Å²) in [5, 5.41) is 3.37. The molecule has 2 N–H and O–H groups in total. The summed E-state index contributed by atoms with van der Waals surface area (Å²) in [5.74, 6) is 2.68. The first-order chi connectivity index (χ1) is 8.20. The van der Waals surface area contributed by atoms with Gasteiger partial charge in [0.05, 0.1) is 11.0 Å². The minimum atomic E-state index is -0.0639. The number of terminal acetylenes is 1. The molecule has 0 aliphatic carbocycles. The van der Waals surface area contributed by atoms with Crippen LogP contribution in [0.2, 0.25) is 0 Å². The van der Waals surface area contributed by atoms with Crippen LogP contribution >= 0.6 is 0 Å². The lowest BCUT2D eigenvalue weighted by molar-refractivity contribution is 0.490. The number of rotatable bonds is 0. The third-order valence-electron chi connectivity index (χ3n) is 3.28. The number of hydrogen-bond acceptors (Lipinski definition) is 2. The van der Waals surface area contributed by atoms with Crippen molar-refractivity contribution in [3.8, 4) is 12.3 Å². The lowest BCUT2D eigenvalue weighted by Gasteiger charge is -2.09. The van der Waals surface area contributed by atoms with E-state index >= 15 is 0 Å². The number of nitrogens with zero attached hydrogens (tertiary/aromatic N) is 1. The van der Waals surface area contributed by atoms with E-state index in [2.05, 4.69) is 23.1 Å². The van der Waals surface area contributed by atoms with Crippen molar-refractivity contribution < 1.29 is 0 Å². The smallest absolute Gasteiger partial charge is 0.308 e. The molecule has 2 aromatic rings. The number of nitrogens with one attached hydrogen (secondary N) is 2. The molecule has 0 saturated carbocycles. The van der Waals surface area contributed by atoms with Crippen molar-refractivity contribution in [1.29, 1.82) is 0 Å². The molecule has 86 valence electrons. The fraction of sp³-hybridized carbons (Fsp3) is 0.308. The summed E-state index contributed by atoms with van der Waals surface area (Å²) in [4.78, 5) is 14.8. The molecule has 0 spiro atoms. The van der Waals surface area contributed by atoms with Gasteiger partial charge >= 0.3 is 5.69 Å². The van der Waals surface area contributed by atoms with Crippen LogP contribution in [0.1, 0.15) is 18.1 Å². The Bertz CT molecular complexity index is 687. The van der Waals surface area contributed by atoms with E-state index in [-0.39, 0.29) is 11.7 Å². The van der Waals surface area contributed by atoms with Gasteiger partial charge in [0.15, 0.2) is 0 Å². The average Bonchev–Trinajstić information content (AvgIpc) is 2.52. The molecule has 3 rings (SSSR count). The summed E-state index contributed by atoms with van der Waals surface area (Å²) in [6, 6.07) is 4.02. The van der Waals surface area contributed by atoms with Crippen LogP contribution in [0.5, 0.6) is 0 Å². The summed E-state index contributed by atoms with van der Waals surface area (Å²) in [5.41, 5.74) is 3.63. The molecule has 0 fully saturated rings. The molecule has 0 radical (unpaired) electrons. The van der Waals surface area contributed by atoms with Gasteiger partial charge in [-0.15, -0.1) is 6.42 Å². The summed E-state index contributed by atoms with van der Waals surface area (Å²) in [6.07, 6.45) is 5.51. The Morgan fingerprint density at radius 3 is 3.12 bits per heavy atom. The van der Waals surface area contributed by atoms with Crippen molar-refractivity contribution in [3.05, 3.63) is 33.7 Å². The first kappa shape index (κ1) is 10.2. The summed E-state index contributed by atoms with van der Waals surface area (Å²) in [6.45, 7) is 3.43. The summed E-state index contributed by atoms with van der Waals surface area (Å²) in [7, 11) is 0. The van der Waals surface area contributed by atoms with Crippen LogP contribution in [-0.2, 0) is 13.1 Å². The first-order valence-electron chi connectivity index (χ1n) is 5.65. The Morgan fingerprint density at radius 2 is 2.35 bits per heavy atom. The normalized spacial score (nSPS) is 18.9. The Balaban J connectivity index is 2.44. The predicted molar refractivity (Wildman–Crippen MR) is 66.8 cm³/mol. The van der Waals surface area contributed by atoms with Crippen molar-refractivity contribution in [1.82, 2.24) is 14.9 Å². The Kier molecular flexibility index (Phi) is 2.10. The van der Waals surface area contributed by atoms with Crippen molar-refractivity contribution >= 4 is 11.0 Å². The number of imidazole rings is 1. The highest BCUT2D eigenvalue weighted by atomic mass is 16.1. The van der Waals surface area contributed by atoms with E-state index in [0.717, 1.165) is 22.2 Å². The van der Waals surface area contributed by atoms with Crippen molar-refractivity contribution in [2.24, 2.45) is 0 Å². The topological polar surface area (TPSA) is 49.8 Å². The highest BCUT2D eigenvalue weighted by Gasteiger charge is 2.19. The van der Waals surface area contributed by atoms with Gasteiger partial charge in [0.2, 0.25) is 0 Å². The number of H-pyrrole nitrogens is 1. The van der Waals surface area contributed by atoms with Gasteiger partial charge in [-0.25, -0.2) is 4.79 Å². The maximum atomic E-state index is 11.9. The molecule has 0 saturated heterocycles. The molecule has 0 amide bonds. The zero-order valence-electron chi connectivity index (χ0n) is 9.58. The maximum absolute atomic E-state index is 11.9. The Hall–Kier alpha value is -1.99. The zero-order chi connectivity index (χ0) is 12.0. The average molecular weight is 227 g/mol. The fourth-order valence-corrected chi connectivity index (χ4v) is 2.43. The van der Waals surface area contributed by atoms with Gasteiger partial charge < -0.3 is 10.3 Å². The molecular weight excluding hydrogens is 214 g/mol. The highest BCUT2D eigenvalue weighted by molar-refractivity contribution is 5.82. The monoisotopic (exact) mass is 227 g/mol. The van der Waals surface area contributed by atoms with E-state index in [9.17, 15) is 4.79 Å². The fourth-order valence-electron chi connectivity index (χ4n) is 2.43. The van der Waals surface area contributed by atoms with Crippen LogP contribution in [0.15, 0.2) is 16.9 Å². The van der Waals surface area contributed by atoms with E-state index in [1.54, 1.807) is 4.57 Å². The quantitative estimate of drug-likeness (QED) is 0.654. The minimum Gasteiger partial charge on any atom is -0.308 e. The second-order valence-corrected chi connectivity index (χ2v) is 4.45. The molecule has 1 aliphatic heterocycles. The molecule has 1 aromatic carbocycles. The van der Waals surface area contributed by atoms with Gasteiger partial charge in [-0.05, 0) is 19.1 Å². The second kappa shape index (κ2) is 3.51. The van der Waals surface area contributed by atoms with Crippen LogP contribution in [0, 0.1) is 12.3 Å². The zero-order valence-corrected chi connectivity index (χ0v) is 9.58. The Labute approximate surface area is 98.6 Å². The van der Waals surface area contributed by atoms with Gasteiger partial charge in [0.1, 0.15) is 0 Å². The molecule has 0 bridgehead atoms. The van der Waals surface area contributed by atoms with E-state index in [0.29, 0.717) is 13.1 Å². The lowest BCUT2D eigenvalue weighted by atomic mass is 10.1. The minimum absolute atomic E-state index is 0.0639. The molecule has 1 atom stereocenters. The van der Waals surface area contributed by atoms with Crippen LogP contribution in [0.3, 0.4) is 0 Å². The van der Waals surface area contributed by atoms with Crippen LogP contribution in [-0.4, -0.2) is 15.6 Å². The van der Waals surface area contributed by atoms with Gasteiger partial charge in [0, 0.05) is 30.3 Å². The van der Waals surface area contributed by atoms with E-state index in [1.807, 2.05) is 12.1 Å². The number of hydrogen-bond donors (Lipinski definition) is 2. The SMILES string of the molecule is C#Cc1ccc2[nH]c(=O)n3c2c1CN[C@@H](C)C3. The molecule has 2 heterocycles. The van der Waals surface area contributed by atoms with Gasteiger partial charge in [0.25, 0.3) is 0 Å². The highest BCUT2D eigenvalue weighted by Crippen LogP contribution is 2.22. The van der Waals surface area contributed by atoms with Crippen molar-refractivity contribution in [2.75, 3.05) is 0 Å². The molecule has 4 nitrogen and oxygen atoms in total. The van der Waals surface area contributed by atoms with E-state index in [4.69, 9.17) is 6.42 Å². The molecule has 4 heteroatoms. The van der Waals surface area contributed by atoms with E-state index < -0.39 is 0 Å². The molecule has 1 aromatic heterocycles. The third-order valence-corrected chi connectivity index (χ3v) is 3.28. The standard InChI is InChI=1S/C13H13N3O/c1-3-9-4-5-11-12-10(9)6-14-8(2)7-16(12)13(17)15-11/h1,4-5,8,14H,6-7H2,2H3,(H,15,17)/t8-/m0/s1. The molecule has 0 unspecified atom stereocenters. The summed E-state index contributed by atoms with van der Waals surface area (Å²) >= 11 is 0.